The molecule has 1 saturated heterocycles. The summed E-state index contributed by atoms with van der Waals surface area (Å²) in [5.41, 5.74) is 2.38. The van der Waals surface area contributed by atoms with Crippen molar-refractivity contribution in [3.63, 3.8) is 0 Å². The molecule has 2 aromatic heterocycles. The summed E-state index contributed by atoms with van der Waals surface area (Å²) in [6.07, 6.45) is 8.95. The monoisotopic (exact) mass is 333 g/mol. The fourth-order valence-electron chi connectivity index (χ4n) is 3.26. The van der Waals surface area contributed by atoms with Crippen LogP contribution in [0, 0.1) is 0 Å². The molecule has 3 aromatic rings. The molecule has 1 fully saturated rings. The summed E-state index contributed by atoms with van der Waals surface area (Å²) in [4.78, 5) is 30.9. The van der Waals surface area contributed by atoms with E-state index in [2.05, 4.69) is 15.0 Å². The molecule has 6 nitrogen and oxygen atoms in total. The number of imidazole rings is 1. The number of rotatable bonds is 3. The number of carbonyl (C=O) groups excluding carboxylic acids is 1. The highest BCUT2D eigenvalue weighted by molar-refractivity contribution is 5.94. The van der Waals surface area contributed by atoms with Gasteiger partial charge in [-0.2, -0.15) is 0 Å². The Labute approximate surface area is 146 Å². The largest absolute Gasteiger partial charge is 0.343 e. The number of likely N-dealkylation sites (tertiary alicyclic amines) is 1. The number of H-pyrrole nitrogens is 1. The first-order chi connectivity index (χ1) is 12.3. The van der Waals surface area contributed by atoms with Crippen molar-refractivity contribution in [1.29, 1.82) is 0 Å². The fraction of sp³-hybridized carbons (Fsp3) is 0.263. The number of aromatic amines is 1. The quantitative estimate of drug-likeness (QED) is 0.800. The van der Waals surface area contributed by atoms with Crippen LogP contribution < -0.4 is 0 Å². The molecule has 1 aliphatic heterocycles. The second kappa shape index (κ2) is 6.84. The second-order valence-corrected chi connectivity index (χ2v) is 6.22. The highest BCUT2D eigenvalue weighted by Gasteiger charge is 2.26. The average Bonchev–Trinajstić information content (AvgIpc) is 3.23. The van der Waals surface area contributed by atoms with Gasteiger partial charge in [-0.1, -0.05) is 18.2 Å². The molecule has 4 rings (SSSR count). The zero-order valence-electron chi connectivity index (χ0n) is 13.8. The molecule has 1 atom stereocenters. The van der Waals surface area contributed by atoms with Gasteiger partial charge in [-0.05, 0) is 25.0 Å². The van der Waals surface area contributed by atoms with Gasteiger partial charge in [0.2, 0.25) is 0 Å². The van der Waals surface area contributed by atoms with E-state index in [4.69, 9.17) is 4.98 Å². The third-order valence-corrected chi connectivity index (χ3v) is 4.54. The topological polar surface area (TPSA) is 74.8 Å². The lowest BCUT2D eigenvalue weighted by molar-refractivity contribution is 0.0706. The van der Waals surface area contributed by atoms with Gasteiger partial charge in [0.05, 0.1) is 11.9 Å². The molecule has 1 aromatic carbocycles. The molecule has 0 aliphatic carbocycles. The molecule has 0 spiro atoms. The SMILES string of the molecule is O=C(c1ccccc1)N1CCCC(c2cncc(-c3ncc[nH]3)n2)C1. The molecule has 25 heavy (non-hydrogen) atoms. The minimum Gasteiger partial charge on any atom is -0.343 e. The molecular formula is C19H19N5O. The lowest BCUT2D eigenvalue weighted by Gasteiger charge is -2.32. The lowest BCUT2D eigenvalue weighted by Crippen LogP contribution is -2.39. The number of carbonyl (C=O) groups is 1. The highest BCUT2D eigenvalue weighted by Crippen LogP contribution is 2.27. The van der Waals surface area contributed by atoms with Crippen LogP contribution >= 0.6 is 0 Å². The Balaban J connectivity index is 1.54. The smallest absolute Gasteiger partial charge is 0.253 e. The zero-order valence-corrected chi connectivity index (χ0v) is 13.8. The maximum absolute atomic E-state index is 12.7. The van der Waals surface area contributed by atoms with Gasteiger partial charge >= 0.3 is 0 Å². The summed E-state index contributed by atoms with van der Waals surface area (Å²) >= 11 is 0. The van der Waals surface area contributed by atoms with E-state index in [-0.39, 0.29) is 11.8 Å². The Hall–Kier alpha value is -3.02. The first kappa shape index (κ1) is 15.5. The predicted molar refractivity (Wildman–Crippen MR) is 93.9 cm³/mol. The van der Waals surface area contributed by atoms with Crippen LogP contribution in [0.5, 0.6) is 0 Å². The van der Waals surface area contributed by atoms with Crippen LogP contribution in [-0.4, -0.2) is 43.8 Å². The number of nitrogens with one attached hydrogen (secondary N) is 1. The number of benzene rings is 1. The summed E-state index contributed by atoms with van der Waals surface area (Å²) < 4.78 is 0. The Morgan fingerprint density at radius 3 is 2.88 bits per heavy atom. The molecule has 0 radical (unpaired) electrons. The predicted octanol–water partition coefficient (Wildman–Crippen LogP) is 2.89. The van der Waals surface area contributed by atoms with Crippen LogP contribution in [0.1, 0.15) is 34.8 Å². The second-order valence-electron chi connectivity index (χ2n) is 6.22. The first-order valence-corrected chi connectivity index (χ1v) is 8.47. The molecule has 1 aliphatic rings. The van der Waals surface area contributed by atoms with E-state index in [0.29, 0.717) is 12.4 Å². The van der Waals surface area contributed by atoms with Crippen LogP contribution in [-0.2, 0) is 0 Å². The molecule has 6 heteroatoms. The summed E-state index contributed by atoms with van der Waals surface area (Å²) in [5.74, 6) is 0.992. The molecule has 126 valence electrons. The summed E-state index contributed by atoms with van der Waals surface area (Å²) in [7, 11) is 0. The van der Waals surface area contributed by atoms with Crippen molar-refractivity contribution in [3.8, 4) is 11.5 Å². The standard InChI is InChI=1S/C19H19N5O/c25-19(14-5-2-1-3-6-14)24-10-4-7-15(13-24)16-11-20-12-17(23-16)18-21-8-9-22-18/h1-3,5-6,8-9,11-12,15H,4,7,10,13H2,(H,21,22). The molecule has 3 heterocycles. The van der Waals surface area contributed by atoms with Crippen LogP contribution in [0.25, 0.3) is 11.5 Å². The van der Waals surface area contributed by atoms with Crippen LogP contribution in [0.4, 0.5) is 0 Å². The third-order valence-electron chi connectivity index (χ3n) is 4.54. The molecular weight excluding hydrogens is 314 g/mol. The Morgan fingerprint density at radius 1 is 1.20 bits per heavy atom. The fourth-order valence-corrected chi connectivity index (χ4v) is 3.26. The normalized spacial score (nSPS) is 17.4. The van der Waals surface area contributed by atoms with Gasteiger partial charge < -0.3 is 9.88 Å². The number of hydrogen-bond donors (Lipinski definition) is 1. The Kier molecular flexibility index (Phi) is 4.24. The van der Waals surface area contributed by atoms with E-state index in [1.165, 1.54) is 0 Å². The maximum Gasteiger partial charge on any atom is 0.253 e. The Bertz CT molecular complexity index is 847. The molecule has 1 N–H and O–H groups in total. The van der Waals surface area contributed by atoms with Gasteiger partial charge in [0.1, 0.15) is 5.69 Å². The number of piperidine rings is 1. The summed E-state index contributed by atoms with van der Waals surface area (Å²) in [6, 6.07) is 9.44. The highest BCUT2D eigenvalue weighted by atomic mass is 16.2. The van der Waals surface area contributed by atoms with E-state index in [0.717, 1.165) is 36.3 Å². The number of hydrogen-bond acceptors (Lipinski definition) is 4. The zero-order chi connectivity index (χ0) is 17.1. The van der Waals surface area contributed by atoms with Gasteiger partial charge in [0, 0.05) is 43.2 Å². The van der Waals surface area contributed by atoms with Crippen molar-refractivity contribution in [2.45, 2.75) is 18.8 Å². The number of nitrogens with zero attached hydrogens (tertiary/aromatic N) is 4. The molecule has 0 bridgehead atoms. The van der Waals surface area contributed by atoms with E-state index in [9.17, 15) is 4.79 Å². The minimum absolute atomic E-state index is 0.0837. The van der Waals surface area contributed by atoms with Crippen molar-refractivity contribution in [1.82, 2.24) is 24.8 Å². The van der Waals surface area contributed by atoms with Gasteiger partial charge in [0.25, 0.3) is 5.91 Å². The summed E-state index contributed by atoms with van der Waals surface area (Å²) in [5, 5.41) is 0. The van der Waals surface area contributed by atoms with Crippen molar-refractivity contribution in [2.24, 2.45) is 0 Å². The third kappa shape index (κ3) is 3.28. The van der Waals surface area contributed by atoms with E-state index >= 15 is 0 Å². The lowest BCUT2D eigenvalue weighted by atomic mass is 9.94. The number of amides is 1. The van der Waals surface area contributed by atoms with Gasteiger partial charge in [-0.3, -0.25) is 9.78 Å². The molecule has 1 unspecified atom stereocenters. The molecule has 1 amide bonds. The van der Waals surface area contributed by atoms with E-state index < -0.39 is 0 Å². The van der Waals surface area contributed by atoms with Gasteiger partial charge in [0.15, 0.2) is 5.82 Å². The van der Waals surface area contributed by atoms with Crippen molar-refractivity contribution < 1.29 is 4.79 Å². The number of aromatic nitrogens is 4. The summed E-state index contributed by atoms with van der Waals surface area (Å²) in [6.45, 7) is 1.46. The van der Waals surface area contributed by atoms with Crippen LogP contribution in [0.3, 0.4) is 0 Å². The Morgan fingerprint density at radius 2 is 2.08 bits per heavy atom. The van der Waals surface area contributed by atoms with Gasteiger partial charge in [-0.25, -0.2) is 9.97 Å². The van der Waals surface area contributed by atoms with E-state index in [1.807, 2.05) is 35.2 Å². The van der Waals surface area contributed by atoms with Crippen molar-refractivity contribution in [2.75, 3.05) is 13.1 Å². The van der Waals surface area contributed by atoms with Crippen molar-refractivity contribution >= 4 is 5.91 Å². The van der Waals surface area contributed by atoms with Gasteiger partial charge in [-0.15, -0.1) is 0 Å². The van der Waals surface area contributed by atoms with Crippen LogP contribution in [0.2, 0.25) is 0 Å². The minimum atomic E-state index is 0.0837. The first-order valence-electron chi connectivity index (χ1n) is 8.47. The van der Waals surface area contributed by atoms with E-state index in [1.54, 1.807) is 24.8 Å². The van der Waals surface area contributed by atoms with Crippen LogP contribution in [0.15, 0.2) is 55.1 Å². The average molecular weight is 333 g/mol. The molecule has 0 saturated carbocycles. The maximum atomic E-state index is 12.7. The van der Waals surface area contributed by atoms with Crippen molar-refractivity contribution in [3.05, 3.63) is 66.4 Å².